The van der Waals surface area contributed by atoms with E-state index >= 15 is 0 Å². The third-order valence-electron chi connectivity index (χ3n) is 3.86. The topological polar surface area (TPSA) is 115 Å². The number of fused-ring (bicyclic) bond motifs is 1. The lowest BCUT2D eigenvalue weighted by Gasteiger charge is -2.34. The van der Waals surface area contributed by atoms with E-state index in [1.807, 2.05) is 18.2 Å². The van der Waals surface area contributed by atoms with Crippen LogP contribution in [0.3, 0.4) is 0 Å². The first-order valence-electron chi connectivity index (χ1n) is 7.58. The van der Waals surface area contributed by atoms with E-state index in [1.165, 1.54) is 10.4 Å². The Morgan fingerprint density at radius 2 is 1.92 bits per heavy atom. The van der Waals surface area contributed by atoms with Gasteiger partial charge < -0.3 is 5.11 Å². The van der Waals surface area contributed by atoms with Crippen molar-refractivity contribution in [3.63, 3.8) is 0 Å². The first kappa shape index (κ1) is 21.0. The van der Waals surface area contributed by atoms with Gasteiger partial charge in [0.15, 0.2) is 5.78 Å². The summed E-state index contributed by atoms with van der Waals surface area (Å²) in [5.41, 5.74) is 2.05. The van der Waals surface area contributed by atoms with Gasteiger partial charge in [-0.3, -0.25) is 18.8 Å². The molecule has 0 fully saturated rings. The lowest BCUT2D eigenvalue weighted by molar-refractivity contribution is -0.127. The lowest BCUT2D eigenvalue weighted by Crippen LogP contribution is -2.38. The molecule has 142 valence electrons. The average molecular weight is 420 g/mol. The predicted octanol–water partition coefficient (Wildman–Crippen LogP) is 2.41. The Balaban J connectivity index is 0.000000431. The number of hydrogen-bond acceptors (Lipinski definition) is 6. The number of rotatable bonds is 4. The Hall–Kier alpha value is -1.33. The molecule has 0 unspecified atom stereocenters. The zero-order valence-corrected chi connectivity index (χ0v) is 16.0. The quantitative estimate of drug-likeness (QED) is 0.651. The summed E-state index contributed by atoms with van der Waals surface area (Å²) in [6, 6.07) is 9.01. The van der Waals surface area contributed by atoms with Gasteiger partial charge in [0.25, 0.3) is 0 Å². The van der Waals surface area contributed by atoms with E-state index in [1.54, 1.807) is 17.4 Å². The summed E-state index contributed by atoms with van der Waals surface area (Å²) < 4.78 is 31.6. The highest BCUT2D eigenvalue weighted by atomic mass is 35.5. The van der Waals surface area contributed by atoms with E-state index in [4.69, 9.17) is 29.1 Å². The molecule has 1 aliphatic rings. The van der Waals surface area contributed by atoms with Crippen LogP contribution in [0.5, 0.6) is 0 Å². The molecular formula is C16H18ClNO6S2. The van der Waals surface area contributed by atoms with E-state index in [2.05, 4.69) is 16.3 Å². The van der Waals surface area contributed by atoms with E-state index < -0.39 is 23.0 Å². The summed E-state index contributed by atoms with van der Waals surface area (Å²) >= 11 is 8.03. The predicted molar refractivity (Wildman–Crippen MR) is 98.9 cm³/mol. The van der Waals surface area contributed by atoms with Crippen LogP contribution in [-0.4, -0.2) is 46.5 Å². The van der Waals surface area contributed by atoms with Gasteiger partial charge >= 0.3 is 10.4 Å². The van der Waals surface area contributed by atoms with E-state index in [0.29, 0.717) is 5.02 Å². The van der Waals surface area contributed by atoms with Crippen LogP contribution in [0.2, 0.25) is 5.02 Å². The molecule has 0 aliphatic carbocycles. The van der Waals surface area contributed by atoms with Gasteiger partial charge in [-0.2, -0.15) is 8.42 Å². The number of benzene rings is 1. The lowest BCUT2D eigenvalue weighted by atomic mass is 9.98. The molecule has 0 saturated heterocycles. The number of halogens is 1. The van der Waals surface area contributed by atoms with Gasteiger partial charge in [-0.1, -0.05) is 29.8 Å². The molecule has 7 nitrogen and oxygen atoms in total. The highest BCUT2D eigenvalue weighted by molar-refractivity contribution is 7.79. The van der Waals surface area contributed by atoms with Crippen LogP contribution in [0.1, 0.15) is 22.0 Å². The highest BCUT2D eigenvalue weighted by Gasteiger charge is 2.31. The molecule has 0 spiro atoms. The number of ketones is 1. The Morgan fingerprint density at radius 1 is 1.27 bits per heavy atom. The minimum Gasteiger partial charge on any atom is -0.389 e. The third-order valence-corrected chi connectivity index (χ3v) is 5.23. The van der Waals surface area contributed by atoms with E-state index in [9.17, 15) is 9.90 Å². The molecule has 3 N–H and O–H groups in total. The van der Waals surface area contributed by atoms with Crippen molar-refractivity contribution in [1.29, 1.82) is 0 Å². The molecule has 0 amide bonds. The van der Waals surface area contributed by atoms with Gasteiger partial charge in [0.05, 0.1) is 6.04 Å². The van der Waals surface area contributed by atoms with Gasteiger partial charge in [-0.05, 0) is 35.1 Å². The molecular weight excluding hydrogens is 402 g/mol. The standard InChI is InChI=1S/C16H16ClNO2S.H2O4S/c17-13-4-2-1-3-12(13)16(14(20)10-19)18-7-5-15-11(9-18)6-8-21-15;1-5(2,3)4/h1-4,6,8,16,19H,5,7,9-10H2;(H2,1,2,3,4)/t16-;/m0./s1. The maximum atomic E-state index is 12.3. The summed E-state index contributed by atoms with van der Waals surface area (Å²) in [6.45, 7) is 1.05. The zero-order chi connectivity index (χ0) is 19.3. The van der Waals surface area contributed by atoms with Crippen LogP contribution in [-0.2, 0) is 28.2 Å². The Morgan fingerprint density at radius 3 is 2.54 bits per heavy atom. The number of carbonyl (C=O) groups is 1. The smallest absolute Gasteiger partial charge is 0.389 e. The van der Waals surface area contributed by atoms with Crippen molar-refractivity contribution in [1.82, 2.24) is 4.90 Å². The minimum atomic E-state index is -4.67. The molecule has 0 saturated carbocycles. The molecule has 1 aromatic carbocycles. The SMILES string of the molecule is O=C(CO)[C@H](c1ccccc1Cl)N1CCc2sccc2C1.O=S(=O)(O)O. The molecule has 3 rings (SSSR count). The van der Waals surface area contributed by atoms with Crippen LogP contribution in [0.25, 0.3) is 0 Å². The number of carbonyl (C=O) groups excluding carboxylic acids is 1. The van der Waals surface area contributed by atoms with Gasteiger partial charge in [-0.25, -0.2) is 0 Å². The summed E-state index contributed by atoms with van der Waals surface area (Å²) in [7, 11) is -4.67. The summed E-state index contributed by atoms with van der Waals surface area (Å²) in [5, 5.41) is 12.0. The minimum absolute atomic E-state index is 0.207. The van der Waals surface area contributed by atoms with Crippen LogP contribution >= 0.6 is 22.9 Å². The van der Waals surface area contributed by atoms with Crippen LogP contribution in [0.4, 0.5) is 0 Å². The Kier molecular flexibility index (Phi) is 7.30. The molecule has 2 heterocycles. The fraction of sp³-hybridized carbons (Fsp3) is 0.312. The first-order valence-corrected chi connectivity index (χ1v) is 10.2. The van der Waals surface area contributed by atoms with Gasteiger partial charge in [-0.15, -0.1) is 11.3 Å². The first-order chi connectivity index (χ1) is 12.2. The molecule has 26 heavy (non-hydrogen) atoms. The molecule has 0 radical (unpaired) electrons. The van der Waals surface area contributed by atoms with Crippen molar-refractivity contribution in [3.8, 4) is 0 Å². The van der Waals surface area contributed by atoms with Crippen LogP contribution in [0, 0.1) is 0 Å². The number of thiophene rings is 1. The second-order valence-corrected chi connectivity index (χ2v) is 7.89. The maximum Gasteiger partial charge on any atom is 0.394 e. The van der Waals surface area contributed by atoms with Gasteiger partial charge in [0.2, 0.25) is 0 Å². The summed E-state index contributed by atoms with van der Waals surface area (Å²) in [4.78, 5) is 15.8. The van der Waals surface area contributed by atoms with E-state index in [-0.39, 0.29) is 5.78 Å². The van der Waals surface area contributed by atoms with Crippen molar-refractivity contribution in [3.05, 3.63) is 56.7 Å². The molecule has 0 bridgehead atoms. The van der Waals surface area contributed by atoms with E-state index in [0.717, 1.165) is 25.1 Å². The van der Waals surface area contributed by atoms with Gasteiger partial charge in [0.1, 0.15) is 6.61 Å². The number of aliphatic hydroxyl groups excluding tert-OH is 1. The fourth-order valence-corrected chi connectivity index (χ4v) is 3.98. The van der Waals surface area contributed by atoms with Crippen molar-refractivity contribution >= 4 is 39.1 Å². The average Bonchev–Trinajstić information content (AvgIpc) is 3.03. The zero-order valence-electron chi connectivity index (χ0n) is 13.6. The Bertz CT molecular complexity index is 859. The van der Waals surface area contributed by atoms with Crippen molar-refractivity contribution in [2.75, 3.05) is 13.2 Å². The largest absolute Gasteiger partial charge is 0.394 e. The number of aliphatic hydroxyl groups is 1. The molecule has 1 aromatic heterocycles. The summed E-state index contributed by atoms with van der Waals surface area (Å²) in [5.74, 6) is -0.207. The van der Waals surface area contributed by atoms with Crippen molar-refractivity contribution < 1.29 is 27.4 Å². The third kappa shape index (κ3) is 5.85. The second-order valence-electron chi connectivity index (χ2n) is 5.59. The summed E-state index contributed by atoms with van der Waals surface area (Å²) in [6.07, 6.45) is 0.937. The number of Topliss-reactive ketones (excluding diaryl/α,β-unsaturated/α-hetero) is 1. The number of nitrogens with zero attached hydrogens (tertiary/aromatic N) is 1. The molecule has 1 atom stereocenters. The number of hydrogen-bond donors (Lipinski definition) is 3. The maximum absolute atomic E-state index is 12.3. The fourth-order valence-electron chi connectivity index (χ4n) is 2.85. The highest BCUT2D eigenvalue weighted by Crippen LogP contribution is 2.33. The normalized spacial score (nSPS) is 15.5. The van der Waals surface area contributed by atoms with Crippen molar-refractivity contribution in [2.24, 2.45) is 0 Å². The van der Waals surface area contributed by atoms with Crippen molar-refractivity contribution in [2.45, 2.75) is 19.0 Å². The van der Waals surface area contributed by atoms with Gasteiger partial charge in [0, 0.05) is 23.0 Å². The monoisotopic (exact) mass is 419 g/mol. The Labute approximate surface area is 160 Å². The molecule has 1 aliphatic heterocycles. The van der Waals surface area contributed by atoms with Crippen LogP contribution < -0.4 is 0 Å². The second kappa shape index (κ2) is 9.05. The molecule has 10 heteroatoms. The molecule has 2 aromatic rings. The van der Waals surface area contributed by atoms with Crippen LogP contribution in [0.15, 0.2) is 35.7 Å².